The zero-order chi connectivity index (χ0) is 14.1. The van der Waals surface area contributed by atoms with Crippen molar-refractivity contribution >= 4 is 18.1 Å². The summed E-state index contributed by atoms with van der Waals surface area (Å²) in [4.78, 5) is 41.5. The highest BCUT2D eigenvalue weighted by molar-refractivity contribution is 5.91. The smallest absolute Gasteiger partial charge is 0.466 e. The average Bonchev–Trinajstić information content (AvgIpc) is 2.38. The molecule has 0 bridgehead atoms. The van der Waals surface area contributed by atoms with E-state index in [1.165, 1.54) is 0 Å². The Morgan fingerprint density at radius 2 is 1.68 bits per heavy atom. The van der Waals surface area contributed by atoms with Crippen molar-refractivity contribution in [2.75, 3.05) is 6.61 Å². The molecular weight excluding hydrogens is 256 g/mol. The standard InChI is InChI=1S/C12H18O7/c1-2-16-10(13)8-11(14)18-19-12(15)17-9-6-4-3-5-7-9/h9H,2-8H2,1H3. The van der Waals surface area contributed by atoms with Crippen LogP contribution in [0.25, 0.3) is 0 Å². The Labute approximate surface area is 111 Å². The largest absolute Gasteiger partial charge is 0.550 e. The van der Waals surface area contributed by atoms with Gasteiger partial charge in [-0.15, -0.1) is 0 Å². The fraction of sp³-hybridized carbons (Fsp3) is 0.750. The van der Waals surface area contributed by atoms with Crippen molar-refractivity contribution in [1.29, 1.82) is 0 Å². The summed E-state index contributed by atoms with van der Waals surface area (Å²) in [7, 11) is 0. The number of esters is 1. The van der Waals surface area contributed by atoms with Gasteiger partial charge >= 0.3 is 18.1 Å². The van der Waals surface area contributed by atoms with Gasteiger partial charge in [0.15, 0.2) is 0 Å². The highest BCUT2D eigenvalue weighted by atomic mass is 17.2. The van der Waals surface area contributed by atoms with Gasteiger partial charge in [-0.25, -0.2) is 14.6 Å². The summed E-state index contributed by atoms with van der Waals surface area (Å²) in [5.41, 5.74) is 0. The van der Waals surface area contributed by atoms with Gasteiger partial charge in [-0.1, -0.05) is 6.42 Å². The lowest BCUT2D eigenvalue weighted by Gasteiger charge is -2.20. The van der Waals surface area contributed by atoms with E-state index in [1.54, 1.807) is 6.92 Å². The molecule has 1 aliphatic carbocycles. The number of hydrogen-bond acceptors (Lipinski definition) is 7. The predicted molar refractivity (Wildman–Crippen MR) is 61.8 cm³/mol. The molecule has 19 heavy (non-hydrogen) atoms. The molecular formula is C12H18O7. The van der Waals surface area contributed by atoms with Gasteiger partial charge in [-0.3, -0.25) is 4.79 Å². The SMILES string of the molecule is CCOC(=O)CC(=O)OOC(=O)OC1CCCCC1. The average molecular weight is 274 g/mol. The maximum absolute atomic E-state index is 11.2. The van der Waals surface area contributed by atoms with Crippen molar-refractivity contribution in [3.8, 4) is 0 Å². The van der Waals surface area contributed by atoms with Crippen LogP contribution in [0.3, 0.4) is 0 Å². The first kappa shape index (κ1) is 15.3. The molecule has 0 aliphatic heterocycles. The molecule has 1 aliphatic rings. The predicted octanol–water partition coefficient (Wildman–Crippen LogP) is 1.88. The van der Waals surface area contributed by atoms with E-state index < -0.39 is 24.5 Å². The zero-order valence-corrected chi connectivity index (χ0v) is 10.9. The van der Waals surface area contributed by atoms with Crippen molar-refractivity contribution < 1.29 is 33.6 Å². The van der Waals surface area contributed by atoms with Crippen LogP contribution in [-0.2, 0) is 28.8 Å². The van der Waals surface area contributed by atoms with Crippen LogP contribution in [0.15, 0.2) is 0 Å². The van der Waals surface area contributed by atoms with Crippen molar-refractivity contribution in [2.45, 2.75) is 51.6 Å². The summed E-state index contributed by atoms with van der Waals surface area (Å²) in [6.45, 7) is 1.78. The number of ether oxygens (including phenoxy) is 2. The maximum atomic E-state index is 11.2. The van der Waals surface area contributed by atoms with Crippen molar-refractivity contribution in [3.05, 3.63) is 0 Å². The fourth-order valence-corrected chi connectivity index (χ4v) is 1.78. The topological polar surface area (TPSA) is 88.1 Å². The second-order valence-electron chi connectivity index (χ2n) is 4.15. The van der Waals surface area contributed by atoms with E-state index in [0.717, 1.165) is 32.1 Å². The Morgan fingerprint density at radius 1 is 1.00 bits per heavy atom. The second kappa shape index (κ2) is 8.34. The monoisotopic (exact) mass is 274 g/mol. The van der Waals surface area contributed by atoms with Gasteiger partial charge in [0.2, 0.25) is 0 Å². The molecule has 108 valence electrons. The van der Waals surface area contributed by atoms with Gasteiger partial charge in [-0.2, -0.15) is 4.79 Å². The molecule has 1 saturated carbocycles. The van der Waals surface area contributed by atoms with Gasteiger partial charge < -0.3 is 9.47 Å². The molecule has 0 amide bonds. The van der Waals surface area contributed by atoms with Crippen molar-refractivity contribution in [2.24, 2.45) is 0 Å². The van der Waals surface area contributed by atoms with Gasteiger partial charge in [0.1, 0.15) is 12.5 Å². The molecule has 0 heterocycles. The summed E-state index contributed by atoms with van der Waals surface area (Å²) in [5.74, 6) is -1.74. The summed E-state index contributed by atoms with van der Waals surface area (Å²) in [6.07, 6.45) is 2.83. The Balaban J connectivity index is 2.14. The van der Waals surface area contributed by atoms with Crippen molar-refractivity contribution in [3.63, 3.8) is 0 Å². The molecule has 0 saturated heterocycles. The minimum absolute atomic E-state index is 0.163. The summed E-state index contributed by atoms with van der Waals surface area (Å²) in [5, 5.41) is 0. The fourth-order valence-electron chi connectivity index (χ4n) is 1.78. The third-order valence-corrected chi connectivity index (χ3v) is 2.61. The van der Waals surface area contributed by atoms with Crippen LogP contribution in [0.4, 0.5) is 4.79 Å². The first-order valence-electron chi connectivity index (χ1n) is 6.35. The third-order valence-electron chi connectivity index (χ3n) is 2.61. The minimum Gasteiger partial charge on any atom is -0.466 e. The summed E-state index contributed by atoms with van der Waals surface area (Å²) < 4.78 is 9.47. The molecule has 0 N–H and O–H groups in total. The molecule has 0 aromatic rings. The van der Waals surface area contributed by atoms with Gasteiger partial charge in [0.25, 0.3) is 0 Å². The summed E-state index contributed by atoms with van der Waals surface area (Å²) >= 11 is 0. The second-order valence-corrected chi connectivity index (χ2v) is 4.15. The van der Waals surface area contributed by atoms with Gasteiger partial charge in [-0.05, 0) is 32.6 Å². The highest BCUT2D eigenvalue weighted by Gasteiger charge is 2.21. The van der Waals surface area contributed by atoms with Crippen LogP contribution in [-0.4, -0.2) is 30.8 Å². The van der Waals surface area contributed by atoms with Crippen LogP contribution < -0.4 is 0 Å². The number of carbonyl (C=O) groups excluding carboxylic acids is 3. The molecule has 0 spiro atoms. The molecule has 0 aromatic carbocycles. The number of rotatable bonds is 4. The zero-order valence-electron chi connectivity index (χ0n) is 10.9. The van der Waals surface area contributed by atoms with E-state index in [1.807, 2.05) is 0 Å². The van der Waals surface area contributed by atoms with Crippen LogP contribution in [0.5, 0.6) is 0 Å². The Morgan fingerprint density at radius 3 is 2.32 bits per heavy atom. The number of hydrogen-bond donors (Lipinski definition) is 0. The molecule has 0 radical (unpaired) electrons. The van der Waals surface area contributed by atoms with Gasteiger partial charge in [0.05, 0.1) is 6.61 Å². The maximum Gasteiger partial charge on any atom is 0.550 e. The number of carbonyl (C=O) groups is 3. The quantitative estimate of drug-likeness (QED) is 0.334. The first-order valence-corrected chi connectivity index (χ1v) is 6.35. The first-order chi connectivity index (χ1) is 9.11. The molecule has 0 aromatic heterocycles. The lowest BCUT2D eigenvalue weighted by Crippen LogP contribution is -2.23. The molecule has 0 atom stereocenters. The Hall–Kier alpha value is -1.79. The third kappa shape index (κ3) is 6.64. The van der Waals surface area contributed by atoms with E-state index in [4.69, 9.17) is 4.74 Å². The van der Waals surface area contributed by atoms with E-state index in [0.29, 0.717) is 0 Å². The van der Waals surface area contributed by atoms with Gasteiger partial charge in [0, 0.05) is 0 Å². The molecule has 7 nitrogen and oxygen atoms in total. The lowest BCUT2D eigenvalue weighted by molar-refractivity contribution is -0.246. The minimum atomic E-state index is -1.07. The van der Waals surface area contributed by atoms with Crippen LogP contribution in [0.1, 0.15) is 45.4 Å². The Bertz CT molecular complexity index is 320. The van der Waals surface area contributed by atoms with Crippen molar-refractivity contribution in [1.82, 2.24) is 0 Å². The normalized spacial score (nSPS) is 15.4. The Kier molecular flexibility index (Phi) is 6.70. The summed E-state index contributed by atoms with van der Waals surface area (Å²) in [6, 6.07) is 0. The molecule has 1 rings (SSSR count). The van der Waals surface area contributed by atoms with E-state index in [9.17, 15) is 14.4 Å². The van der Waals surface area contributed by atoms with Crippen LogP contribution in [0, 0.1) is 0 Å². The van der Waals surface area contributed by atoms with Crippen LogP contribution >= 0.6 is 0 Å². The molecule has 7 heteroatoms. The molecule has 1 fully saturated rings. The van der Waals surface area contributed by atoms with Crippen LogP contribution in [0.2, 0.25) is 0 Å². The van der Waals surface area contributed by atoms with E-state index in [-0.39, 0.29) is 12.7 Å². The van der Waals surface area contributed by atoms with E-state index >= 15 is 0 Å². The highest BCUT2D eigenvalue weighted by Crippen LogP contribution is 2.20. The lowest BCUT2D eigenvalue weighted by atomic mass is 9.98. The van der Waals surface area contributed by atoms with E-state index in [2.05, 4.69) is 14.5 Å². The molecule has 0 unspecified atom stereocenters.